The summed E-state index contributed by atoms with van der Waals surface area (Å²) < 4.78 is 11.0. The number of methoxy groups -OCH3 is 1. The number of nitrogens with zero attached hydrogens (tertiary/aromatic N) is 1. The molecule has 4 aromatic rings. The number of carbonyl (C=O) groups excluding carboxylic acids is 1. The van der Waals surface area contributed by atoms with Crippen LogP contribution in [0, 0.1) is 10.1 Å². The van der Waals surface area contributed by atoms with E-state index in [1.165, 1.54) is 25.3 Å². The Morgan fingerprint density at radius 2 is 1.81 bits per heavy atom. The van der Waals surface area contributed by atoms with Gasteiger partial charge in [-0.15, -0.1) is 0 Å². The molecule has 134 valence electrons. The quantitative estimate of drug-likeness (QED) is 0.417. The molecule has 7 nitrogen and oxygen atoms in total. The Morgan fingerprint density at radius 1 is 1.04 bits per heavy atom. The van der Waals surface area contributed by atoms with Gasteiger partial charge in [0.15, 0.2) is 0 Å². The molecule has 27 heavy (non-hydrogen) atoms. The highest BCUT2D eigenvalue weighted by Crippen LogP contribution is 2.31. The van der Waals surface area contributed by atoms with E-state index >= 15 is 0 Å². The second-order valence-corrected chi connectivity index (χ2v) is 5.90. The predicted molar refractivity (Wildman–Crippen MR) is 101 cm³/mol. The van der Waals surface area contributed by atoms with Gasteiger partial charge in [0.1, 0.15) is 16.9 Å². The molecule has 7 heteroatoms. The van der Waals surface area contributed by atoms with Crippen LogP contribution in [0.5, 0.6) is 5.75 Å². The average Bonchev–Trinajstić information content (AvgIpc) is 3.05. The standard InChI is InChI=1S/C20H14N2O5/c1-26-17-9-7-13(22(24)25)11-16(17)20(23)21-12-6-8-15-14-4-2-3-5-18(14)27-19(15)10-12/h2-11H,1H3,(H,21,23). The number of benzene rings is 3. The van der Waals surface area contributed by atoms with Crippen molar-refractivity contribution < 1.29 is 18.9 Å². The summed E-state index contributed by atoms with van der Waals surface area (Å²) in [5, 5.41) is 15.7. The number of non-ortho nitro benzene ring substituents is 1. The van der Waals surface area contributed by atoms with E-state index < -0.39 is 10.8 Å². The number of nitro groups is 1. The van der Waals surface area contributed by atoms with Crippen LogP contribution in [0.1, 0.15) is 10.4 Å². The summed E-state index contributed by atoms with van der Waals surface area (Å²) in [5.74, 6) is -0.256. The number of ether oxygens (including phenoxy) is 1. The van der Waals surface area contributed by atoms with Crippen LogP contribution in [0.3, 0.4) is 0 Å². The normalized spacial score (nSPS) is 10.9. The molecule has 0 aliphatic heterocycles. The van der Waals surface area contributed by atoms with Gasteiger partial charge in [0.25, 0.3) is 11.6 Å². The Morgan fingerprint density at radius 3 is 2.59 bits per heavy atom. The van der Waals surface area contributed by atoms with Crippen LogP contribution < -0.4 is 10.1 Å². The Bertz CT molecular complexity index is 1200. The third kappa shape index (κ3) is 2.95. The summed E-state index contributed by atoms with van der Waals surface area (Å²) in [6.07, 6.45) is 0. The minimum Gasteiger partial charge on any atom is -0.496 e. The molecule has 1 amide bonds. The van der Waals surface area contributed by atoms with E-state index in [9.17, 15) is 14.9 Å². The van der Waals surface area contributed by atoms with Gasteiger partial charge in [-0.25, -0.2) is 0 Å². The van der Waals surface area contributed by atoms with Crippen LogP contribution in [-0.2, 0) is 0 Å². The summed E-state index contributed by atoms with van der Waals surface area (Å²) >= 11 is 0. The summed E-state index contributed by atoms with van der Waals surface area (Å²) in [6.45, 7) is 0. The molecule has 1 N–H and O–H groups in total. The van der Waals surface area contributed by atoms with E-state index in [1.807, 2.05) is 30.3 Å². The number of carbonyl (C=O) groups is 1. The van der Waals surface area contributed by atoms with E-state index in [0.29, 0.717) is 11.3 Å². The minimum atomic E-state index is -0.559. The van der Waals surface area contributed by atoms with Crippen LogP contribution in [0.15, 0.2) is 65.1 Å². The number of nitro benzene ring substituents is 1. The van der Waals surface area contributed by atoms with Gasteiger partial charge >= 0.3 is 0 Å². The van der Waals surface area contributed by atoms with Gasteiger partial charge in [0.05, 0.1) is 17.6 Å². The van der Waals surface area contributed by atoms with E-state index in [0.717, 1.165) is 16.4 Å². The van der Waals surface area contributed by atoms with Gasteiger partial charge < -0.3 is 14.5 Å². The first kappa shape index (κ1) is 16.6. The van der Waals surface area contributed by atoms with Crippen molar-refractivity contribution in [1.29, 1.82) is 0 Å². The maximum atomic E-state index is 12.6. The van der Waals surface area contributed by atoms with Crippen molar-refractivity contribution in [2.75, 3.05) is 12.4 Å². The van der Waals surface area contributed by atoms with Crippen molar-refractivity contribution in [2.45, 2.75) is 0 Å². The zero-order valence-corrected chi connectivity index (χ0v) is 14.3. The first-order valence-corrected chi connectivity index (χ1v) is 8.12. The lowest BCUT2D eigenvalue weighted by molar-refractivity contribution is -0.384. The molecule has 1 heterocycles. The number of nitrogens with one attached hydrogen (secondary N) is 1. The Balaban J connectivity index is 1.69. The van der Waals surface area contributed by atoms with Gasteiger partial charge in [0.2, 0.25) is 0 Å². The van der Waals surface area contributed by atoms with Crippen LogP contribution in [0.2, 0.25) is 0 Å². The van der Waals surface area contributed by atoms with Crippen LogP contribution in [-0.4, -0.2) is 17.9 Å². The molecule has 3 aromatic carbocycles. The van der Waals surface area contributed by atoms with Crippen LogP contribution in [0.4, 0.5) is 11.4 Å². The molecule has 0 bridgehead atoms. The lowest BCUT2D eigenvalue weighted by Gasteiger charge is -2.09. The molecule has 0 unspecified atom stereocenters. The smallest absolute Gasteiger partial charge is 0.270 e. The maximum Gasteiger partial charge on any atom is 0.270 e. The molecular weight excluding hydrogens is 348 g/mol. The van der Waals surface area contributed by atoms with Crippen LogP contribution in [0.25, 0.3) is 21.9 Å². The number of para-hydroxylation sites is 1. The number of amides is 1. The van der Waals surface area contributed by atoms with Crippen LogP contribution >= 0.6 is 0 Å². The third-order valence-corrected chi connectivity index (χ3v) is 4.28. The largest absolute Gasteiger partial charge is 0.496 e. The SMILES string of the molecule is COc1ccc([N+](=O)[O-])cc1C(=O)Nc1ccc2c(c1)oc1ccccc12. The maximum absolute atomic E-state index is 12.6. The lowest BCUT2D eigenvalue weighted by atomic mass is 10.1. The number of rotatable bonds is 4. The fourth-order valence-electron chi connectivity index (χ4n) is 2.99. The first-order valence-electron chi connectivity index (χ1n) is 8.12. The highest BCUT2D eigenvalue weighted by Gasteiger charge is 2.18. The zero-order valence-electron chi connectivity index (χ0n) is 14.3. The highest BCUT2D eigenvalue weighted by atomic mass is 16.6. The van der Waals surface area contributed by atoms with E-state index in [-0.39, 0.29) is 17.0 Å². The molecule has 4 rings (SSSR count). The second-order valence-electron chi connectivity index (χ2n) is 5.90. The van der Waals surface area contributed by atoms with Crippen molar-refractivity contribution in [1.82, 2.24) is 0 Å². The average molecular weight is 362 g/mol. The molecular formula is C20H14N2O5. The van der Waals surface area contributed by atoms with Gasteiger partial charge in [-0.05, 0) is 24.3 Å². The van der Waals surface area contributed by atoms with Gasteiger partial charge in [0, 0.05) is 34.7 Å². The molecule has 0 atom stereocenters. The molecule has 1 aromatic heterocycles. The number of hydrogen-bond acceptors (Lipinski definition) is 5. The van der Waals surface area contributed by atoms with Gasteiger partial charge in [-0.3, -0.25) is 14.9 Å². The van der Waals surface area contributed by atoms with Crippen molar-refractivity contribution in [3.63, 3.8) is 0 Å². The Kier molecular flexibility index (Phi) is 3.97. The minimum absolute atomic E-state index is 0.0800. The van der Waals surface area contributed by atoms with E-state index in [1.54, 1.807) is 12.1 Å². The number of fused-ring (bicyclic) bond motifs is 3. The lowest BCUT2D eigenvalue weighted by Crippen LogP contribution is -2.13. The van der Waals surface area contributed by atoms with Crippen molar-refractivity contribution >= 4 is 39.2 Å². The van der Waals surface area contributed by atoms with Crippen molar-refractivity contribution in [2.24, 2.45) is 0 Å². The second kappa shape index (κ2) is 6.45. The number of anilines is 1. The van der Waals surface area contributed by atoms with Gasteiger partial charge in [-0.2, -0.15) is 0 Å². The number of furan rings is 1. The third-order valence-electron chi connectivity index (χ3n) is 4.28. The predicted octanol–water partition coefficient (Wildman–Crippen LogP) is 4.76. The number of hydrogen-bond donors (Lipinski definition) is 1. The highest BCUT2D eigenvalue weighted by molar-refractivity contribution is 6.09. The summed E-state index contributed by atoms with van der Waals surface area (Å²) in [5.41, 5.74) is 1.81. The molecule has 0 aliphatic carbocycles. The summed E-state index contributed by atoms with van der Waals surface area (Å²) in [4.78, 5) is 23.1. The molecule has 0 aliphatic rings. The molecule has 0 saturated carbocycles. The van der Waals surface area contributed by atoms with Crippen molar-refractivity contribution in [3.8, 4) is 5.75 Å². The van der Waals surface area contributed by atoms with E-state index in [4.69, 9.17) is 9.15 Å². The molecule has 0 radical (unpaired) electrons. The summed E-state index contributed by atoms with van der Waals surface area (Å²) in [6, 6.07) is 16.9. The van der Waals surface area contributed by atoms with E-state index in [2.05, 4.69) is 5.32 Å². The summed E-state index contributed by atoms with van der Waals surface area (Å²) in [7, 11) is 1.40. The first-order chi connectivity index (χ1) is 13.1. The fourth-order valence-corrected chi connectivity index (χ4v) is 2.99. The zero-order chi connectivity index (χ0) is 19.0. The molecule has 0 fully saturated rings. The molecule has 0 saturated heterocycles. The monoisotopic (exact) mass is 362 g/mol. The Hall–Kier alpha value is -3.87. The Labute approximate surface area is 153 Å². The fraction of sp³-hybridized carbons (Fsp3) is 0.0500. The topological polar surface area (TPSA) is 94.6 Å². The van der Waals surface area contributed by atoms with Crippen molar-refractivity contribution in [3.05, 3.63) is 76.3 Å². The van der Waals surface area contributed by atoms with Gasteiger partial charge in [-0.1, -0.05) is 18.2 Å². The molecule has 0 spiro atoms.